The Morgan fingerprint density at radius 1 is 0.647 bits per heavy atom. The van der Waals surface area contributed by atoms with Gasteiger partial charge in [-0.25, -0.2) is 0 Å². The van der Waals surface area contributed by atoms with Gasteiger partial charge in [0.2, 0.25) is 0 Å². The number of fused-ring (bicyclic) bond motifs is 1. The van der Waals surface area contributed by atoms with E-state index in [0.29, 0.717) is 30.9 Å². The molecule has 178 valence electrons. The Hall–Kier alpha value is -3.34. The summed E-state index contributed by atoms with van der Waals surface area (Å²) in [6.07, 6.45) is 11.8. The molecule has 34 heavy (non-hydrogen) atoms. The molecule has 0 aromatic heterocycles. The molecule has 4 rings (SSSR count). The van der Waals surface area contributed by atoms with Gasteiger partial charge in [-0.15, -0.1) is 0 Å². The van der Waals surface area contributed by atoms with Crippen molar-refractivity contribution in [3.8, 4) is 11.5 Å². The van der Waals surface area contributed by atoms with Crippen molar-refractivity contribution in [1.29, 1.82) is 0 Å². The van der Waals surface area contributed by atoms with Crippen molar-refractivity contribution in [3.63, 3.8) is 0 Å². The van der Waals surface area contributed by atoms with Gasteiger partial charge in [0.15, 0.2) is 0 Å². The number of likely N-dealkylation sites (tertiary alicyclic amines) is 1. The van der Waals surface area contributed by atoms with Crippen LogP contribution in [0.15, 0.2) is 77.9 Å². The van der Waals surface area contributed by atoms with Crippen LogP contribution in [0.5, 0.6) is 11.5 Å². The van der Waals surface area contributed by atoms with Gasteiger partial charge in [0.1, 0.15) is 18.1 Å². The van der Waals surface area contributed by atoms with E-state index in [1.807, 2.05) is 66.7 Å². The van der Waals surface area contributed by atoms with E-state index in [4.69, 9.17) is 9.47 Å². The number of benzene rings is 2. The lowest BCUT2D eigenvalue weighted by Crippen LogP contribution is -2.30. The molecule has 2 aromatic rings. The molecule has 0 spiro atoms. The number of hydrogen-bond acceptors (Lipinski definition) is 4. The van der Waals surface area contributed by atoms with Crippen molar-refractivity contribution in [3.05, 3.63) is 83.5 Å². The molecule has 0 saturated carbocycles. The maximum absolute atomic E-state index is 12.4. The monoisotopic (exact) mass is 459 g/mol. The average molecular weight is 460 g/mol. The van der Waals surface area contributed by atoms with Crippen molar-refractivity contribution in [1.82, 2.24) is 4.90 Å². The molecule has 1 aliphatic heterocycles. The Morgan fingerprint density at radius 3 is 1.85 bits per heavy atom. The van der Waals surface area contributed by atoms with Crippen LogP contribution in [0.1, 0.15) is 56.9 Å². The molecule has 5 nitrogen and oxygen atoms in total. The summed E-state index contributed by atoms with van der Waals surface area (Å²) in [6, 6.07) is 17.9. The predicted molar refractivity (Wildman–Crippen MR) is 133 cm³/mol. The Kier molecular flexibility index (Phi) is 8.55. The smallest absolute Gasteiger partial charge is 0.261 e. The Labute approximate surface area is 202 Å². The summed E-state index contributed by atoms with van der Waals surface area (Å²) in [5.41, 5.74) is 2.38. The normalized spacial score (nSPS) is 15.1. The van der Waals surface area contributed by atoms with E-state index < -0.39 is 0 Å². The van der Waals surface area contributed by atoms with Gasteiger partial charge in [-0.3, -0.25) is 14.5 Å². The van der Waals surface area contributed by atoms with E-state index >= 15 is 0 Å². The topological polar surface area (TPSA) is 55.8 Å². The number of allylic oxidation sites excluding steroid dienone is 2. The largest absolute Gasteiger partial charge is 0.494 e. The number of imide groups is 1. The third-order valence-corrected chi connectivity index (χ3v) is 6.22. The number of unbranched alkanes of at least 4 members (excludes halogenated alkanes) is 5. The fraction of sp³-hybridized carbons (Fsp3) is 0.379. The molecule has 0 radical (unpaired) electrons. The lowest BCUT2D eigenvalue weighted by atomic mass is 10.0. The highest BCUT2D eigenvalue weighted by Gasteiger charge is 2.38. The molecular weight excluding hydrogens is 426 g/mol. The lowest BCUT2D eigenvalue weighted by molar-refractivity contribution is -0.136. The zero-order chi connectivity index (χ0) is 23.6. The summed E-state index contributed by atoms with van der Waals surface area (Å²) in [4.78, 5) is 26.2. The summed E-state index contributed by atoms with van der Waals surface area (Å²) in [6.45, 7) is 1.79. The predicted octanol–water partition coefficient (Wildman–Crippen LogP) is 6.00. The molecule has 2 amide bonds. The fourth-order valence-electron chi connectivity index (χ4n) is 4.31. The summed E-state index contributed by atoms with van der Waals surface area (Å²) in [5, 5.41) is 0. The molecule has 0 atom stereocenters. The highest BCUT2D eigenvalue weighted by molar-refractivity contribution is 6.24. The first-order chi connectivity index (χ1) is 16.7. The maximum Gasteiger partial charge on any atom is 0.261 e. The Balaban J connectivity index is 1.03. The van der Waals surface area contributed by atoms with Crippen molar-refractivity contribution in [2.45, 2.75) is 58.0 Å². The van der Waals surface area contributed by atoms with Gasteiger partial charge >= 0.3 is 0 Å². The zero-order valence-corrected chi connectivity index (χ0v) is 19.7. The number of ether oxygens (including phenoxy) is 2. The van der Waals surface area contributed by atoms with Crippen LogP contribution in [0.2, 0.25) is 0 Å². The number of rotatable bonds is 13. The lowest BCUT2D eigenvalue weighted by Gasteiger charge is -2.12. The molecule has 2 aromatic carbocycles. The number of carbonyl (C=O) groups excluding carboxylic acids is 2. The first kappa shape index (κ1) is 23.8. The van der Waals surface area contributed by atoms with Crippen molar-refractivity contribution in [2.75, 3.05) is 13.2 Å². The molecule has 1 saturated heterocycles. The molecule has 1 heterocycles. The minimum absolute atomic E-state index is 0.108. The molecule has 1 aliphatic carbocycles. The van der Waals surface area contributed by atoms with Gasteiger partial charge in [0.05, 0.1) is 6.61 Å². The highest BCUT2D eigenvalue weighted by Crippen LogP contribution is 2.29. The van der Waals surface area contributed by atoms with Crippen molar-refractivity contribution < 1.29 is 19.1 Å². The first-order valence-corrected chi connectivity index (χ1v) is 12.4. The maximum atomic E-state index is 12.4. The van der Waals surface area contributed by atoms with Gasteiger partial charge in [0.25, 0.3) is 11.8 Å². The van der Waals surface area contributed by atoms with Gasteiger partial charge in [-0.05, 0) is 55.5 Å². The molecule has 5 heteroatoms. The highest BCUT2D eigenvalue weighted by atomic mass is 16.5. The van der Waals surface area contributed by atoms with Crippen molar-refractivity contribution in [2.24, 2.45) is 0 Å². The SMILES string of the molecule is O=C1C2=CCCC=C2C(=O)N1CCCCCCCCOc1ccc(OCc2ccccc2)cc1. The summed E-state index contributed by atoms with van der Waals surface area (Å²) in [5.74, 6) is 1.48. The molecular formula is C29H33NO4. The van der Waals surface area contributed by atoms with Gasteiger partial charge in [-0.1, -0.05) is 68.2 Å². The van der Waals surface area contributed by atoms with Crippen LogP contribution in [0.3, 0.4) is 0 Å². The second-order valence-electron chi connectivity index (χ2n) is 8.79. The van der Waals surface area contributed by atoms with E-state index in [9.17, 15) is 9.59 Å². The summed E-state index contributed by atoms with van der Waals surface area (Å²) >= 11 is 0. The quantitative estimate of drug-likeness (QED) is 0.272. The van der Waals surface area contributed by atoms with Crippen LogP contribution in [0.4, 0.5) is 0 Å². The molecule has 0 bridgehead atoms. The van der Waals surface area contributed by atoms with Crippen molar-refractivity contribution >= 4 is 11.8 Å². The van der Waals surface area contributed by atoms with E-state index in [0.717, 1.165) is 68.4 Å². The molecule has 2 aliphatic rings. The van der Waals surface area contributed by atoms with E-state index in [2.05, 4.69) is 0 Å². The Morgan fingerprint density at radius 2 is 1.21 bits per heavy atom. The Bertz CT molecular complexity index is 992. The zero-order valence-electron chi connectivity index (χ0n) is 19.7. The molecule has 0 unspecified atom stereocenters. The van der Waals surface area contributed by atoms with Gasteiger partial charge in [0, 0.05) is 17.7 Å². The second kappa shape index (κ2) is 12.2. The molecule has 0 N–H and O–H groups in total. The van der Waals surface area contributed by atoms with Crippen LogP contribution in [0, 0.1) is 0 Å². The van der Waals surface area contributed by atoms with Crippen LogP contribution in [-0.2, 0) is 16.2 Å². The second-order valence-corrected chi connectivity index (χ2v) is 8.79. The number of amides is 2. The first-order valence-electron chi connectivity index (χ1n) is 12.4. The average Bonchev–Trinajstić information content (AvgIpc) is 3.12. The minimum atomic E-state index is -0.108. The molecule has 1 fully saturated rings. The standard InChI is InChI=1S/C29H33NO4/c31-28-26-14-8-9-15-27(26)29(32)30(28)20-10-3-1-2-4-11-21-33-24-16-18-25(19-17-24)34-22-23-12-6-5-7-13-23/h5-7,12-19H,1-4,8-11,20-22H2. The van der Waals surface area contributed by atoms with Gasteiger partial charge < -0.3 is 9.47 Å². The third kappa shape index (κ3) is 6.37. The van der Waals surface area contributed by atoms with Crippen LogP contribution in [-0.4, -0.2) is 29.9 Å². The summed E-state index contributed by atoms with van der Waals surface area (Å²) < 4.78 is 11.6. The van der Waals surface area contributed by atoms with Crippen LogP contribution >= 0.6 is 0 Å². The third-order valence-electron chi connectivity index (χ3n) is 6.22. The fourth-order valence-corrected chi connectivity index (χ4v) is 4.31. The number of hydrogen-bond donors (Lipinski definition) is 0. The minimum Gasteiger partial charge on any atom is -0.494 e. The van der Waals surface area contributed by atoms with E-state index in [-0.39, 0.29) is 11.8 Å². The van der Waals surface area contributed by atoms with Crippen LogP contribution in [0.25, 0.3) is 0 Å². The van der Waals surface area contributed by atoms with E-state index in [1.165, 1.54) is 4.90 Å². The summed E-state index contributed by atoms with van der Waals surface area (Å²) in [7, 11) is 0. The van der Waals surface area contributed by atoms with Crippen LogP contribution < -0.4 is 9.47 Å². The number of nitrogens with zero attached hydrogens (tertiary/aromatic N) is 1. The number of carbonyl (C=O) groups is 2. The van der Waals surface area contributed by atoms with Gasteiger partial charge in [-0.2, -0.15) is 0 Å². The van der Waals surface area contributed by atoms with E-state index in [1.54, 1.807) is 0 Å².